The number of fused-ring (bicyclic) bond motifs is 1. The van der Waals surface area contributed by atoms with Crippen LogP contribution in [-0.2, 0) is 17.4 Å². The number of carbonyl (C=O) groups is 2. The number of halogens is 4. The van der Waals surface area contributed by atoms with Gasteiger partial charge in [-0.2, -0.15) is 13.2 Å². The van der Waals surface area contributed by atoms with Gasteiger partial charge in [0, 0.05) is 23.6 Å². The zero-order valence-corrected chi connectivity index (χ0v) is 24.7. The van der Waals surface area contributed by atoms with Crippen molar-refractivity contribution in [3.63, 3.8) is 0 Å². The number of alkyl halides is 3. The van der Waals surface area contributed by atoms with Gasteiger partial charge in [0.1, 0.15) is 5.82 Å². The van der Waals surface area contributed by atoms with Crippen LogP contribution in [0.25, 0.3) is 0 Å². The van der Waals surface area contributed by atoms with Crippen molar-refractivity contribution < 1.29 is 27.2 Å². The Kier molecular flexibility index (Phi) is 13.4. The van der Waals surface area contributed by atoms with E-state index in [0.29, 0.717) is 18.5 Å². The number of anilines is 3. The number of amides is 2. The molecule has 228 valence electrons. The summed E-state index contributed by atoms with van der Waals surface area (Å²) >= 11 is 0. The van der Waals surface area contributed by atoms with Gasteiger partial charge in [-0.3, -0.25) is 9.59 Å². The summed E-state index contributed by atoms with van der Waals surface area (Å²) in [7, 11) is 0. The molecule has 0 aromatic heterocycles. The lowest BCUT2D eigenvalue weighted by Crippen LogP contribution is -2.36. The molecule has 0 fully saturated rings. The van der Waals surface area contributed by atoms with E-state index < -0.39 is 17.6 Å². The molecule has 0 atom stereocenters. The minimum absolute atomic E-state index is 0.133. The molecule has 43 heavy (non-hydrogen) atoms. The maximum atomic E-state index is 14.0. The summed E-state index contributed by atoms with van der Waals surface area (Å²) in [5, 5.41) is 2.17. The Bertz CT molecular complexity index is 1450. The van der Waals surface area contributed by atoms with Crippen molar-refractivity contribution in [1.82, 2.24) is 0 Å². The molecule has 4 aromatic carbocycles. The average Bonchev–Trinajstić information content (AvgIpc) is 2.99. The normalized spacial score (nSPS) is 11.7. The lowest BCUT2D eigenvalue weighted by atomic mass is 9.99. The molecule has 0 aliphatic carbocycles. The topological polar surface area (TPSA) is 75.4 Å². The predicted molar refractivity (Wildman–Crippen MR) is 166 cm³/mol. The van der Waals surface area contributed by atoms with E-state index in [2.05, 4.69) is 5.32 Å². The molecule has 1 heterocycles. The molecule has 3 N–H and O–H groups in total. The predicted octanol–water partition coefficient (Wildman–Crippen LogP) is 8.60. The first-order chi connectivity index (χ1) is 20.5. The molecule has 0 radical (unpaired) electrons. The number of benzene rings is 4. The van der Waals surface area contributed by atoms with Gasteiger partial charge in [-0.1, -0.05) is 68.4 Å². The first-order valence-corrected chi connectivity index (χ1v) is 13.9. The lowest BCUT2D eigenvalue weighted by Gasteiger charge is -2.30. The van der Waals surface area contributed by atoms with Crippen LogP contribution < -0.4 is 16.0 Å². The summed E-state index contributed by atoms with van der Waals surface area (Å²) in [5.41, 5.74) is 8.64. The molecule has 5 nitrogen and oxygen atoms in total. The van der Waals surface area contributed by atoms with Crippen LogP contribution in [-0.4, -0.2) is 18.9 Å². The molecular formula is C34H37F4N3O2. The number of hydrogen-bond acceptors (Lipinski definition) is 3. The highest BCUT2D eigenvalue weighted by Gasteiger charge is 2.32. The van der Waals surface area contributed by atoms with Gasteiger partial charge in [0.15, 0.2) is 0 Å². The van der Waals surface area contributed by atoms with Gasteiger partial charge in [0.2, 0.25) is 6.41 Å². The van der Waals surface area contributed by atoms with Gasteiger partial charge in [0.05, 0.1) is 11.1 Å². The van der Waals surface area contributed by atoms with Gasteiger partial charge in [-0.15, -0.1) is 0 Å². The van der Waals surface area contributed by atoms with E-state index in [1.807, 2.05) is 68.4 Å². The fourth-order valence-corrected chi connectivity index (χ4v) is 4.32. The fraction of sp³-hybridized carbons (Fsp3) is 0.235. The lowest BCUT2D eigenvalue weighted by molar-refractivity contribution is -0.138. The van der Waals surface area contributed by atoms with Crippen molar-refractivity contribution >= 4 is 29.4 Å². The summed E-state index contributed by atoms with van der Waals surface area (Å²) < 4.78 is 51.0. The third-order valence-corrected chi connectivity index (χ3v) is 6.36. The Balaban J connectivity index is 0.000000243. The van der Waals surface area contributed by atoms with Gasteiger partial charge < -0.3 is 16.0 Å². The summed E-state index contributed by atoms with van der Waals surface area (Å²) in [6.45, 7) is 7.78. The summed E-state index contributed by atoms with van der Waals surface area (Å²) in [5.74, 6) is -0.689. The maximum absolute atomic E-state index is 14.0. The fourth-order valence-electron chi connectivity index (χ4n) is 4.32. The SMILES string of the molecule is CC.Cc1ccc(NC=O)cc1C(F)(F)F.Cc1cccc(F)c1C(=O)N1CCCc2ccccc21.Nc1ccccc1. The van der Waals surface area contributed by atoms with E-state index >= 15 is 0 Å². The minimum atomic E-state index is -4.38. The largest absolute Gasteiger partial charge is 0.416 e. The second-order valence-corrected chi connectivity index (χ2v) is 9.32. The Morgan fingerprint density at radius 2 is 1.53 bits per heavy atom. The molecule has 0 saturated carbocycles. The number of para-hydroxylation sites is 2. The van der Waals surface area contributed by atoms with Crippen LogP contribution in [0, 0.1) is 19.7 Å². The molecule has 4 aromatic rings. The summed E-state index contributed by atoms with van der Waals surface area (Å²) in [4.78, 5) is 24.4. The number of rotatable bonds is 3. The van der Waals surface area contributed by atoms with Crippen LogP contribution in [0.2, 0.25) is 0 Å². The summed E-state index contributed by atoms with van der Waals surface area (Å²) in [6, 6.07) is 25.7. The highest BCUT2D eigenvalue weighted by atomic mass is 19.4. The van der Waals surface area contributed by atoms with Gasteiger partial charge in [-0.25, -0.2) is 4.39 Å². The number of hydrogen-bond donors (Lipinski definition) is 2. The number of nitrogens with one attached hydrogen (secondary N) is 1. The zero-order chi connectivity index (χ0) is 32.0. The van der Waals surface area contributed by atoms with Gasteiger partial charge in [-0.05, 0) is 79.8 Å². The van der Waals surface area contributed by atoms with Gasteiger partial charge in [0.25, 0.3) is 5.91 Å². The Hall–Kier alpha value is -4.66. The maximum Gasteiger partial charge on any atom is 0.416 e. The molecule has 1 aliphatic rings. The van der Waals surface area contributed by atoms with E-state index in [1.165, 1.54) is 25.1 Å². The Morgan fingerprint density at radius 3 is 2.12 bits per heavy atom. The van der Waals surface area contributed by atoms with Crippen LogP contribution in [0.4, 0.5) is 34.6 Å². The van der Waals surface area contributed by atoms with Crippen LogP contribution in [0.1, 0.15) is 52.9 Å². The third-order valence-electron chi connectivity index (χ3n) is 6.36. The first kappa shape index (κ1) is 34.5. The van der Waals surface area contributed by atoms with Crippen LogP contribution in [0.5, 0.6) is 0 Å². The number of carbonyl (C=O) groups excluding carboxylic acids is 2. The van der Waals surface area contributed by atoms with E-state index in [1.54, 1.807) is 24.0 Å². The first-order valence-electron chi connectivity index (χ1n) is 13.9. The van der Waals surface area contributed by atoms with Crippen molar-refractivity contribution in [1.29, 1.82) is 0 Å². The van der Waals surface area contributed by atoms with Crippen LogP contribution in [0.15, 0.2) is 91.0 Å². The van der Waals surface area contributed by atoms with E-state index in [4.69, 9.17) is 5.73 Å². The zero-order valence-electron chi connectivity index (χ0n) is 24.7. The molecule has 0 unspecified atom stereocenters. The molecule has 0 spiro atoms. The number of nitrogens with zero attached hydrogens (tertiary/aromatic N) is 1. The third kappa shape index (κ3) is 9.99. The van der Waals surface area contributed by atoms with E-state index in [-0.39, 0.29) is 22.7 Å². The highest BCUT2D eigenvalue weighted by Crippen LogP contribution is 2.33. The smallest absolute Gasteiger partial charge is 0.399 e. The molecule has 0 bridgehead atoms. The molecule has 9 heteroatoms. The molecule has 0 saturated heterocycles. The van der Waals surface area contributed by atoms with Crippen molar-refractivity contribution in [2.24, 2.45) is 0 Å². The van der Waals surface area contributed by atoms with Crippen LogP contribution >= 0.6 is 0 Å². The van der Waals surface area contributed by atoms with Crippen molar-refractivity contribution in [3.8, 4) is 0 Å². The number of aryl methyl sites for hydroxylation is 3. The molecule has 5 rings (SSSR count). The second kappa shape index (κ2) is 16.7. The summed E-state index contributed by atoms with van der Waals surface area (Å²) in [6.07, 6.45) is -2.16. The van der Waals surface area contributed by atoms with Crippen molar-refractivity contribution in [2.75, 3.05) is 22.5 Å². The number of nitrogens with two attached hydrogens (primary N) is 1. The van der Waals surface area contributed by atoms with Crippen molar-refractivity contribution in [3.05, 3.63) is 125 Å². The Morgan fingerprint density at radius 1 is 0.884 bits per heavy atom. The average molecular weight is 596 g/mol. The second-order valence-electron chi connectivity index (χ2n) is 9.32. The highest BCUT2D eigenvalue weighted by molar-refractivity contribution is 6.07. The standard InChI is InChI=1S/C17H16FNO.C9H8F3NO.C6H7N.C2H6/c1-12-6-4-9-14(18)16(12)17(20)19-11-5-8-13-7-2-3-10-15(13)19;1-6-2-3-7(13-5-14)4-8(6)9(10,11)12;7-6-4-2-1-3-5-6;1-2/h2-4,6-7,9-10H,5,8,11H2,1H3;2-5H,1H3,(H,13,14);1-5H,7H2;1-2H3. The molecule has 2 amide bonds. The van der Waals surface area contributed by atoms with Crippen molar-refractivity contribution in [2.45, 2.75) is 46.7 Å². The van der Waals surface area contributed by atoms with E-state index in [0.717, 1.165) is 35.8 Å². The minimum Gasteiger partial charge on any atom is -0.399 e. The quantitative estimate of drug-likeness (QED) is 0.141. The number of nitrogen functional groups attached to an aromatic ring is 1. The molecular weight excluding hydrogens is 558 g/mol. The van der Waals surface area contributed by atoms with Crippen LogP contribution in [0.3, 0.4) is 0 Å². The Labute approximate surface area is 250 Å². The molecule has 1 aliphatic heterocycles. The monoisotopic (exact) mass is 595 g/mol. The van der Waals surface area contributed by atoms with E-state index in [9.17, 15) is 27.2 Å². The van der Waals surface area contributed by atoms with Gasteiger partial charge >= 0.3 is 6.18 Å².